The Balaban J connectivity index is 1.60. The second kappa shape index (κ2) is 8.16. The fraction of sp³-hybridized carbons (Fsp3) is 0.368. The molecule has 1 aliphatic heterocycles. The summed E-state index contributed by atoms with van der Waals surface area (Å²) in [7, 11) is 1.59. The molecule has 1 aromatic carbocycles. The normalized spacial score (nSPS) is 14.9. The summed E-state index contributed by atoms with van der Waals surface area (Å²) in [6.07, 6.45) is 1.24. The van der Waals surface area contributed by atoms with Crippen LogP contribution in [-0.4, -0.2) is 54.9 Å². The predicted octanol–water partition coefficient (Wildman–Crippen LogP) is 2.67. The second-order valence-corrected chi connectivity index (χ2v) is 7.05. The third-order valence-electron chi connectivity index (χ3n) is 4.36. The van der Waals surface area contributed by atoms with Crippen LogP contribution >= 0.6 is 11.3 Å². The SMILES string of the molecule is COc1cccc(C(=O)N2CCCN(C(=O)Cc3cccs3)CC2)c1. The summed E-state index contributed by atoms with van der Waals surface area (Å²) in [6.45, 7) is 2.51. The van der Waals surface area contributed by atoms with E-state index in [9.17, 15) is 9.59 Å². The molecule has 0 saturated carbocycles. The topological polar surface area (TPSA) is 49.9 Å². The van der Waals surface area contributed by atoms with Crippen LogP contribution in [0.15, 0.2) is 41.8 Å². The van der Waals surface area contributed by atoms with E-state index < -0.39 is 0 Å². The van der Waals surface area contributed by atoms with E-state index >= 15 is 0 Å². The molecule has 0 N–H and O–H groups in total. The summed E-state index contributed by atoms with van der Waals surface area (Å²) in [5.41, 5.74) is 0.623. The molecule has 1 fully saturated rings. The molecule has 1 aromatic heterocycles. The number of hydrogen-bond acceptors (Lipinski definition) is 4. The lowest BCUT2D eigenvalue weighted by molar-refractivity contribution is -0.130. The highest BCUT2D eigenvalue weighted by atomic mass is 32.1. The van der Waals surface area contributed by atoms with Gasteiger partial charge in [0.25, 0.3) is 5.91 Å². The fourth-order valence-corrected chi connectivity index (χ4v) is 3.68. The molecule has 132 valence electrons. The first-order valence-corrected chi connectivity index (χ1v) is 9.29. The van der Waals surface area contributed by atoms with E-state index in [1.165, 1.54) is 0 Å². The van der Waals surface area contributed by atoms with Crippen LogP contribution in [0.4, 0.5) is 0 Å². The Morgan fingerprint density at radius 3 is 2.64 bits per heavy atom. The van der Waals surface area contributed by atoms with Gasteiger partial charge in [-0.1, -0.05) is 12.1 Å². The minimum atomic E-state index is -0.00791. The van der Waals surface area contributed by atoms with Crippen molar-refractivity contribution in [2.45, 2.75) is 12.8 Å². The van der Waals surface area contributed by atoms with Gasteiger partial charge in [0.1, 0.15) is 5.75 Å². The molecule has 0 atom stereocenters. The molecule has 1 saturated heterocycles. The second-order valence-electron chi connectivity index (χ2n) is 6.01. The van der Waals surface area contributed by atoms with Gasteiger partial charge in [0.15, 0.2) is 0 Å². The highest BCUT2D eigenvalue weighted by Gasteiger charge is 2.23. The molecule has 0 spiro atoms. The van der Waals surface area contributed by atoms with E-state index in [4.69, 9.17) is 4.74 Å². The van der Waals surface area contributed by atoms with E-state index in [1.54, 1.807) is 30.6 Å². The lowest BCUT2D eigenvalue weighted by atomic mass is 10.2. The van der Waals surface area contributed by atoms with Gasteiger partial charge in [-0.25, -0.2) is 0 Å². The Kier molecular flexibility index (Phi) is 5.71. The number of hydrogen-bond donors (Lipinski definition) is 0. The number of amides is 2. The van der Waals surface area contributed by atoms with E-state index in [0.717, 1.165) is 11.3 Å². The van der Waals surface area contributed by atoms with Gasteiger partial charge >= 0.3 is 0 Å². The van der Waals surface area contributed by atoms with Gasteiger partial charge in [0.2, 0.25) is 5.91 Å². The van der Waals surface area contributed by atoms with Crippen molar-refractivity contribution in [1.82, 2.24) is 9.80 Å². The molecule has 0 aliphatic carbocycles. The monoisotopic (exact) mass is 358 g/mol. The predicted molar refractivity (Wildman–Crippen MR) is 98.1 cm³/mol. The van der Waals surface area contributed by atoms with Gasteiger partial charge in [0, 0.05) is 36.6 Å². The first kappa shape index (κ1) is 17.5. The Morgan fingerprint density at radius 2 is 1.88 bits per heavy atom. The van der Waals surface area contributed by atoms with Crippen molar-refractivity contribution < 1.29 is 14.3 Å². The van der Waals surface area contributed by atoms with Crippen molar-refractivity contribution in [3.05, 3.63) is 52.2 Å². The maximum absolute atomic E-state index is 12.7. The smallest absolute Gasteiger partial charge is 0.254 e. The molecule has 6 heteroatoms. The van der Waals surface area contributed by atoms with Gasteiger partial charge in [-0.15, -0.1) is 11.3 Å². The van der Waals surface area contributed by atoms with Crippen LogP contribution in [0.1, 0.15) is 21.7 Å². The third-order valence-corrected chi connectivity index (χ3v) is 5.23. The largest absolute Gasteiger partial charge is 0.497 e. The number of nitrogens with zero attached hydrogens (tertiary/aromatic N) is 2. The zero-order valence-electron chi connectivity index (χ0n) is 14.3. The molecule has 5 nitrogen and oxygen atoms in total. The summed E-state index contributed by atoms with van der Waals surface area (Å²) < 4.78 is 5.19. The lowest BCUT2D eigenvalue weighted by Gasteiger charge is -2.22. The number of methoxy groups -OCH3 is 1. The quantitative estimate of drug-likeness (QED) is 0.844. The van der Waals surface area contributed by atoms with Crippen molar-refractivity contribution in [1.29, 1.82) is 0 Å². The zero-order valence-corrected chi connectivity index (χ0v) is 15.1. The number of benzene rings is 1. The van der Waals surface area contributed by atoms with Crippen LogP contribution in [0.25, 0.3) is 0 Å². The first-order valence-electron chi connectivity index (χ1n) is 8.41. The Labute approximate surface area is 151 Å². The molecular weight excluding hydrogens is 336 g/mol. The molecule has 0 bridgehead atoms. The summed E-state index contributed by atoms with van der Waals surface area (Å²) in [6, 6.07) is 11.1. The Bertz CT molecular complexity index is 730. The van der Waals surface area contributed by atoms with Crippen molar-refractivity contribution in [3.63, 3.8) is 0 Å². The van der Waals surface area contributed by atoms with Crippen molar-refractivity contribution >= 4 is 23.2 Å². The zero-order chi connectivity index (χ0) is 17.6. The minimum Gasteiger partial charge on any atom is -0.497 e. The van der Waals surface area contributed by atoms with Gasteiger partial charge < -0.3 is 14.5 Å². The molecule has 25 heavy (non-hydrogen) atoms. The highest BCUT2D eigenvalue weighted by molar-refractivity contribution is 7.10. The maximum atomic E-state index is 12.7. The molecule has 2 heterocycles. The van der Waals surface area contributed by atoms with Crippen LogP contribution in [0.2, 0.25) is 0 Å². The Morgan fingerprint density at radius 1 is 1.08 bits per heavy atom. The summed E-state index contributed by atoms with van der Waals surface area (Å²) in [5, 5.41) is 1.99. The van der Waals surface area contributed by atoms with E-state index in [0.29, 0.717) is 43.9 Å². The van der Waals surface area contributed by atoms with Crippen molar-refractivity contribution in [2.75, 3.05) is 33.3 Å². The summed E-state index contributed by atoms with van der Waals surface area (Å²) >= 11 is 1.60. The van der Waals surface area contributed by atoms with E-state index in [-0.39, 0.29) is 11.8 Å². The molecule has 2 aromatic rings. The summed E-state index contributed by atoms with van der Waals surface area (Å²) in [4.78, 5) is 30.0. The van der Waals surface area contributed by atoms with Crippen LogP contribution in [0, 0.1) is 0 Å². The van der Waals surface area contributed by atoms with Crippen LogP contribution in [0.3, 0.4) is 0 Å². The lowest BCUT2D eigenvalue weighted by Crippen LogP contribution is -2.37. The van der Waals surface area contributed by atoms with Crippen molar-refractivity contribution in [3.8, 4) is 5.75 Å². The number of ether oxygens (including phenoxy) is 1. The molecule has 0 unspecified atom stereocenters. The minimum absolute atomic E-state index is 0.00791. The number of carbonyl (C=O) groups is 2. The maximum Gasteiger partial charge on any atom is 0.254 e. The van der Waals surface area contributed by atoms with E-state index in [1.807, 2.05) is 39.4 Å². The van der Waals surface area contributed by atoms with Crippen LogP contribution < -0.4 is 4.74 Å². The molecule has 0 radical (unpaired) electrons. The summed E-state index contributed by atoms with van der Waals surface area (Å²) in [5.74, 6) is 0.804. The Hall–Kier alpha value is -2.34. The standard InChI is InChI=1S/C19H22N2O3S/c1-24-16-6-2-5-15(13-16)19(23)21-9-4-8-20(10-11-21)18(22)14-17-7-3-12-25-17/h2-3,5-7,12-13H,4,8-11,14H2,1H3. The fourth-order valence-electron chi connectivity index (χ4n) is 2.98. The van der Waals surface area contributed by atoms with Gasteiger partial charge in [0.05, 0.1) is 13.5 Å². The molecule has 1 aliphatic rings. The van der Waals surface area contributed by atoms with E-state index in [2.05, 4.69) is 0 Å². The van der Waals surface area contributed by atoms with Gasteiger partial charge in [-0.3, -0.25) is 9.59 Å². The van der Waals surface area contributed by atoms with Crippen molar-refractivity contribution in [2.24, 2.45) is 0 Å². The number of carbonyl (C=O) groups excluding carboxylic acids is 2. The van der Waals surface area contributed by atoms with Crippen LogP contribution in [0.5, 0.6) is 5.75 Å². The average Bonchev–Trinajstić information content (AvgIpc) is 3.02. The third kappa shape index (κ3) is 4.39. The molecule has 2 amide bonds. The number of rotatable bonds is 4. The van der Waals surface area contributed by atoms with Gasteiger partial charge in [-0.2, -0.15) is 0 Å². The average molecular weight is 358 g/mol. The molecular formula is C19H22N2O3S. The highest BCUT2D eigenvalue weighted by Crippen LogP contribution is 2.16. The van der Waals surface area contributed by atoms with Gasteiger partial charge in [-0.05, 0) is 36.1 Å². The molecule has 3 rings (SSSR count). The van der Waals surface area contributed by atoms with Crippen LogP contribution in [-0.2, 0) is 11.2 Å². The first-order chi connectivity index (χ1) is 12.2. The number of thiophene rings is 1.